The van der Waals surface area contributed by atoms with Crippen molar-refractivity contribution in [3.05, 3.63) is 158 Å². The lowest BCUT2D eigenvalue weighted by Gasteiger charge is -2.11. The Hall–Kier alpha value is -6.59. The number of nitrogens with zero attached hydrogens (tertiary/aromatic N) is 4. The van der Waals surface area contributed by atoms with Gasteiger partial charge in [0, 0.05) is 43.9 Å². The second-order valence-corrected chi connectivity index (χ2v) is 12.1. The van der Waals surface area contributed by atoms with Gasteiger partial charge in [0.25, 0.3) is 0 Å². The molecule has 0 fully saturated rings. The van der Waals surface area contributed by atoms with Crippen LogP contribution in [0.4, 0.5) is 0 Å². The van der Waals surface area contributed by atoms with Gasteiger partial charge in [-0.1, -0.05) is 109 Å². The molecule has 0 atom stereocenters. The van der Waals surface area contributed by atoms with Crippen molar-refractivity contribution < 1.29 is 4.42 Å². The molecule has 3 heterocycles. The lowest BCUT2D eigenvalue weighted by atomic mass is 10.0. The smallest absolute Gasteiger partial charge is 0.164 e. The van der Waals surface area contributed by atoms with E-state index in [1.807, 2.05) is 60.7 Å². The first kappa shape index (κ1) is 26.6. The Balaban J connectivity index is 1.16. The molecule has 0 radical (unpaired) electrons. The number of fused-ring (bicyclic) bond motifs is 8. The van der Waals surface area contributed by atoms with Crippen molar-refractivity contribution >= 4 is 54.5 Å². The maximum Gasteiger partial charge on any atom is 0.164 e. The maximum atomic E-state index is 6.45. The van der Waals surface area contributed by atoms with Crippen LogP contribution in [0, 0.1) is 0 Å². The number of hydrogen-bond acceptors (Lipinski definition) is 4. The summed E-state index contributed by atoms with van der Waals surface area (Å²) in [5.41, 5.74) is 7.94. The molecule has 0 aliphatic rings. The summed E-state index contributed by atoms with van der Waals surface area (Å²) >= 11 is 0. The van der Waals surface area contributed by atoms with Crippen LogP contribution in [0.15, 0.2) is 162 Å². The number of para-hydroxylation sites is 1. The van der Waals surface area contributed by atoms with Gasteiger partial charge in [-0.2, -0.15) is 0 Å². The standard InChI is InChI=1S/C43H26N4O/c1-3-12-28(13-4-1)41-44-42(29-14-5-2-6-15-29)46-43(45-41)30-19-22-31(23-20-30)47-36-18-10-9-17-33(36)34-26-39-35(25-37(34)47)40-32-16-8-7-11-27(32)21-24-38(40)48-39/h1-26H. The van der Waals surface area contributed by atoms with Gasteiger partial charge in [0.15, 0.2) is 17.5 Å². The van der Waals surface area contributed by atoms with Gasteiger partial charge in [-0.15, -0.1) is 0 Å². The SMILES string of the molecule is c1ccc(-c2nc(-c3ccccc3)nc(-c3ccc(-n4c5ccccc5c5cc6oc7ccc8ccccc8c7c6cc54)cc3)n2)cc1. The highest BCUT2D eigenvalue weighted by Crippen LogP contribution is 2.40. The lowest BCUT2D eigenvalue weighted by molar-refractivity contribution is 0.670. The lowest BCUT2D eigenvalue weighted by Crippen LogP contribution is -2.00. The third-order valence-corrected chi connectivity index (χ3v) is 9.24. The summed E-state index contributed by atoms with van der Waals surface area (Å²) in [6.07, 6.45) is 0. The molecular formula is C43H26N4O. The first-order valence-corrected chi connectivity index (χ1v) is 16.0. The molecule has 0 saturated heterocycles. The molecule has 0 aliphatic heterocycles. The fourth-order valence-corrected chi connectivity index (χ4v) is 6.98. The van der Waals surface area contributed by atoms with E-state index in [0.29, 0.717) is 17.5 Å². The summed E-state index contributed by atoms with van der Waals surface area (Å²) in [4.78, 5) is 14.7. The minimum atomic E-state index is 0.634. The van der Waals surface area contributed by atoms with Gasteiger partial charge in [0.1, 0.15) is 11.2 Å². The van der Waals surface area contributed by atoms with Crippen molar-refractivity contribution in [1.82, 2.24) is 19.5 Å². The minimum absolute atomic E-state index is 0.634. The first-order valence-electron chi connectivity index (χ1n) is 16.0. The summed E-state index contributed by atoms with van der Waals surface area (Å²) in [6, 6.07) is 54.4. The van der Waals surface area contributed by atoms with Crippen LogP contribution in [-0.2, 0) is 0 Å². The van der Waals surface area contributed by atoms with E-state index in [-0.39, 0.29) is 0 Å². The van der Waals surface area contributed by atoms with E-state index in [1.54, 1.807) is 0 Å². The monoisotopic (exact) mass is 614 g/mol. The van der Waals surface area contributed by atoms with E-state index in [2.05, 4.69) is 102 Å². The molecule has 0 bridgehead atoms. The normalized spacial score (nSPS) is 11.8. The van der Waals surface area contributed by atoms with E-state index in [9.17, 15) is 0 Å². The summed E-state index contributed by atoms with van der Waals surface area (Å²) in [5.74, 6) is 1.93. The topological polar surface area (TPSA) is 56.7 Å². The number of benzene rings is 7. The summed E-state index contributed by atoms with van der Waals surface area (Å²) in [7, 11) is 0. The van der Waals surface area contributed by atoms with Crippen LogP contribution in [0.1, 0.15) is 0 Å². The Morgan fingerprint density at radius 3 is 1.67 bits per heavy atom. The quantitative estimate of drug-likeness (QED) is 0.198. The molecule has 0 N–H and O–H groups in total. The van der Waals surface area contributed by atoms with Gasteiger partial charge in [0.2, 0.25) is 0 Å². The summed E-state index contributed by atoms with van der Waals surface area (Å²) < 4.78 is 8.80. The van der Waals surface area contributed by atoms with Gasteiger partial charge >= 0.3 is 0 Å². The number of aromatic nitrogens is 4. The summed E-state index contributed by atoms with van der Waals surface area (Å²) in [5, 5.41) is 7.00. The average Bonchev–Trinajstić information content (AvgIpc) is 3.69. The Kier molecular flexibility index (Phi) is 5.81. The van der Waals surface area contributed by atoms with Gasteiger partial charge in [-0.25, -0.2) is 15.0 Å². The molecule has 0 saturated carbocycles. The Labute approximate surface area is 275 Å². The van der Waals surface area contributed by atoms with Crippen molar-refractivity contribution in [1.29, 1.82) is 0 Å². The van der Waals surface area contributed by atoms with Crippen LogP contribution in [0.25, 0.3) is 94.4 Å². The van der Waals surface area contributed by atoms with Gasteiger partial charge in [0.05, 0.1) is 11.0 Å². The van der Waals surface area contributed by atoms with E-state index in [1.165, 1.54) is 16.2 Å². The van der Waals surface area contributed by atoms with Crippen LogP contribution < -0.4 is 0 Å². The van der Waals surface area contributed by atoms with Crippen molar-refractivity contribution in [2.45, 2.75) is 0 Å². The second kappa shape index (κ2) is 10.5. The molecule has 3 aromatic heterocycles. The third-order valence-electron chi connectivity index (χ3n) is 9.24. The number of rotatable bonds is 4. The predicted octanol–water partition coefficient (Wildman–Crippen LogP) is 11.0. The van der Waals surface area contributed by atoms with Crippen molar-refractivity contribution in [3.8, 4) is 39.9 Å². The van der Waals surface area contributed by atoms with E-state index in [4.69, 9.17) is 19.4 Å². The predicted molar refractivity (Wildman–Crippen MR) is 195 cm³/mol. The molecule has 10 aromatic rings. The zero-order valence-electron chi connectivity index (χ0n) is 25.7. The Bertz CT molecular complexity index is 2760. The number of hydrogen-bond donors (Lipinski definition) is 0. The van der Waals surface area contributed by atoms with Crippen molar-refractivity contribution in [2.75, 3.05) is 0 Å². The van der Waals surface area contributed by atoms with E-state index in [0.717, 1.165) is 60.7 Å². The molecule has 7 aromatic carbocycles. The van der Waals surface area contributed by atoms with Gasteiger partial charge in [-0.05, 0) is 59.3 Å². The summed E-state index contributed by atoms with van der Waals surface area (Å²) in [6.45, 7) is 0. The van der Waals surface area contributed by atoms with Crippen LogP contribution in [-0.4, -0.2) is 19.5 Å². The third kappa shape index (κ3) is 4.15. The van der Waals surface area contributed by atoms with Crippen LogP contribution >= 0.6 is 0 Å². The molecule has 0 spiro atoms. The largest absolute Gasteiger partial charge is 0.456 e. The van der Waals surface area contributed by atoms with Crippen molar-refractivity contribution in [3.63, 3.8) is 0 Å². The molecule has 48 heavy (non-hydrogen) atoms. The highest BCUT2D eigenvalue weighted by atomic mass is 16.3. The molecule has 0 aliphatic carbocycles. The molecule has 10 rings (SSSR count). The zero-order chi connectivity index (χ0) is 31.6. The Morgan fingerprint density at radius 2 is 0.979 bits per heavy atom. The van der Waals surface area contributed by atoms with E-state index >= 15 is 0 Å². The molecule has 0 amide bonds. The first-order chi connectivity index (χ1) is 23.8. The van der Waals surface area contributed by atoms with Crippen LogP contribution in [0.5, 0.6) is 0 Å². The fraction of sp³-hybridized carbons (Fsp3) is 0. The zero-order valence-corrected chi connectivity index (χ0v) is 25.7. The average molecular weight is 615 g/mol. The van der Waals surface area contributed by atoms with Crippen molar-refractivity contribution in [2.24, 2.45) is 0 Å². The molecule has 5 heteroatoms. The van der Waals surface area contributed by atoms with Crippen LogP contribution in [0.3, 0.4) is 0 Å². The maximum absolute atomic E-state index is 6.45. The fourth-order valence-electron chi connectivity index (χ4n) is 6.98. The highest BCUT2D eigenvalue weighted by molar-refractivity contribution is 6.23. The molecule has 5 nitrogen and oxygen atoms in total. The van der Waals surface area contributed by atoms with Gasteiger partial charge in [-0.3, -0.25) is 0 Å². The Morgan fingerprint density at radius 1 is 0.396 bits per heavy atom. The molecular weight excluding hydrogens is 589 g/mol. The van der Waals surface area contributed by atoms with Crippen LogP contribution in [0.2, 0.25) is 0 Å². The second-order valence-electron chi connectivity index (χ2n) is 12.1. The van der Waals surface area contributed by atoms with E-state index < -0.39 is 0 Å². The molecule has 0 unspecified atom stereocenters. The number of furan rings is 1. The van der Waals surface area contributed by atoms with Gasteiger partial charge < -0.3 is 8.98 Å². The molecule has 224 valence electrons. The highest BCUT2D eigenvalue weighted by Gasteiger charge is 2.18. The minimum Gasteiger partial charge on any atom is -0.456 e.